The summed E-state index contributed by atoms with van der Waals surface area (Å²) in [5, 5.41) is 8.90. The molecule has 0 saturated heterocycles. The van der Waals surface area contributed by atoms with Gasteiger partial charge in [-0.25, -0.2) is 4.79 Å². The number of carbonyl (C=O) groups is 1. The highest BCUT2D eigenvalue weighted by Crippen LogP contribution is 2.54. The molecule has 2 N–H and O–H groups in total. The molecule has 1 unspecified atom stereocenters. The van der Waals surface area contributed by atoms with Gasteiger partial charge in [-0.2, -0.15) is 5.26 Å². The second-order valence-electron chi connectivity index (χ2n) is 5.34. The van der Waals surface area contributed by atoms with Crippen molar-refractivity contribution in [3.05, 3.63) is 70.8 Å². The first-order valence-electron chi connectivity index (χ1n) is 7.43. The van der Waals surface area contributed by atoms with Crippen LogP contribution in [0.15, 0.2) is 54.1 Å². The molecule has 0 aromatic heterocycles. The minimum Gasteiger partial charge on any atom is -0.463 e. The number of nitrogens with zero attached hydrogens (tertiary/aromatic N) is 1. The number of nitrogen functional groups attached to an aromatic ring is 1. The number of hydrogen-bond acceptors (Lipinski definition) is 4. The lowest BCUT2D eigenvalue weighted by atomic mass is 10.0. The summed E-state index contributed by atoms with van der Waals surface area (Å²) in [5.74, 6) is -0.362. The van der Waals surface area contributed by atoms with Crippen LogP contribution in [0.1, 0.15) is 29.5 Å². The van der Waals surface area contributed by atoms with E-state index in [4.69, 9.17) is 15.7 Å². The maximum absolute atomic E-state index is 12.2. The fourth-order valence-electron chi connectivity index (χ4n) is 2.73. The number of carbonyl (C=O) groups excluding carboxylic acids is 1. The Morgan fingerprint density at radius 1 is 1.17 bits per heavy atom. The van der Waals surface area contributed by atoms with Gasteiger partial charge < -0.3 is 10.5 Å². The molecule has 114 valence electrons. The van der Waals surface area contributed by atoms with Crippen molar-refractivity contribution in [1.29, 1.82) is 5.26 Å². The molecule has 3 rings (SSSR count). The maximum Gasteiger partial charge on any atom is 0.335 e. The summed E-state index contributed by atoms with van der Waals surface area (Å²) in [4.78, 5) is 12.2. The highest BCUT2D eigenvalue weighted by Gasteiger charge is 2.44. The SMILES string of the molecule is CCOC(=O)C1=C(c2ccc(N)cc2)C1c1ccc(C#N)cc1. The van der Waals surface area contributed by atoms with E-state index in [1.165, 1.54) is 0 Å². The van der Waals surface area contributed by atoms with Crippen LogP contribution in [0.3, 0.4) is 0 Å². The summed E-state index contributed by atoms with van der Waals surface area (Å²) in [7, 11) is 0. The third-order valence-electron chi connectivity index (χ3n) is 3.87. The molecule has 0 spiro atoms. The summed E-state index contributed by atoms with van der Waals surface area (Å²) in [6.45, 7) is 2.14. The Labute approximate surface area is 134 Å². The average molecular weight is 304 g/mol. The van der Waals surface area contributed by atoms with Crippen molar-refractivity contribution in [2.24, 2.45) is 0 Å². The molecule has 0 radical (unpaired) electrons. The molecule has 1 atom stereocenters. The number of allylic oxidation sites excluding steroid dienone is 1. The third kappa shape index (κ3) is 2.82. The van der Waals surface area contributed by atoms with Gasteiger partial charge in [-0.1, -0.05) is 24.3 Å². The molecule has 0 heterocycles. The van der Waals surface area contributed by atoms with E-state index in [0.717, 1.165) is 16.7 Å². The van der Waals surface area contributed by atoms with Crippen LogP contribution in [0, 0.1) is 11.3 Å². The third-order valence-corrected chi connectivity index (χ3v) is 3.87. The zero-order valence-electron chi connectivity index (χ0n) is 12.7. The molecule has 2 aromatic carbocycles. The minimum atomic E-state index is -0.284. The van der Waals surface area contributed by atoms with E-state index in [1.807, 2.05) is 36.4 Å². The van der Waals surface area contributed by atoms with E-state index in [1.54, 1.807) is 19.1 Å². The molecule has 1 aliphatic rings. The molecule has 23 heavy (non-hydrogen) atoms. The first-order chi connectivity index (χ1) is 11.2. The molecule has 0 saturated carbocycles. The van der Waals surface area contributed by atoms with Crippen molar-refractivity contribution in [1.82, 2.24) is 0 Å². The summed E-state index contributed by atoms with van der Waals surface area (Å²) in [6.07, 6.45) is 0. The van der Waals surface area contributed by atoms with Crippen LogP contribution < -0.4 is 5.73 Å². The van der Waals surface area contributed by atoms with Gasteiger partial charge in [0.15, 0.2) is 0 Å². The molecule has 4 nitrogen and oxygen atoms in total. The van der Waals surface area contributed by atoms with Crippen molar-refractivity contribution in [2.45, 2.75) is 12.8 Å². The predicted molar refractivity (Wildman–Crippen MR) is 88.3 cm³/mol. The van der Waals surface area contributed by atoms with Gasteiger partial charge in [0, 0.05) is 11.6 Å². The average Bonchev–Trinajstić information content (AvgIpc) is 3.31. The fraction of sp³-hybridized carbons (Fsp3) is 0.158. The molecular weight excluding hydrogens is 288 g/mol. The van der Waals surface area contributed by atoms with E-state index in [-0.39, 0.29) is 11.9 Å². The number of benzene rings is 2. The van der Waals surface area contributed by atoms with Crippen LogP contribution in [0.2, 0.25) is 0 Å². The summed E-state index contributed by atoms with van der Waals surface area (Å²) in [6, 6.07) is 16.8. The van der Waals surface area contributed by atoms with Crippen molar-refractivity contribution >= 4 is 17.2 Å². The van der Waals surface area contributed by atoms with E-state index >= 15 is 0 Å². The standard InChI is InChI=1S/C19H16N2O2/c1-2-23-19(22)18-16(13-5-3-12(11-20)4-6-13)17(18)14-7-9-15(21)10-8-14/h3-10,16H,2,21H2,1H3. The number of nitriles is 1. The van der Waals surface area contributed by atoms with Gasteiger partial charge >= 0.3 is 5.97 Å². The second kappa shape index (κ2) is 5.98. The monoisotopic (exact) mass is 304 g/mol. The Kier molecular flexibility index (Phi) is 3.86. The van der Waals surface area contributed by atoms with Crippen LogP contribution >= 0.6 is 0 Å². The lowest BCUT2D eigenvalue weighted by Gasteiger charge is -2.03. The Bertz CT molecular complexity index is 812. The maximum atomic E-state index is 12.2. The van der Waals surface area contributed by atoms with Crippen LogP contribution in [0.4, 0.5) is 5.69 Å². The lowest BCUT2D eigenvalue weighted by molar-refractivity contribution is -0.138. The zero-order chi connectivity index (χ0) is 16.4. The molecular formula is C19H16N2O2. The Balaban J connectivity index is 1.95. The van der Waals surface area contributed by atoms with Gasteiger partial charge in [-0.05, 0) is 47.9 Å². The Hall–Kier alpha value is -3.06. The smallest absolute Gasteiger partial charge is 0.335 e. The lowest BCUT2D eigenvalue weighted by Crippen LogP contribution is -2.03. The van der Waals surface area contributed by atoms with Crippen molar-refractivity contribution in [2.75, 3.05) is 12.3 Å². The number of anilines is 1. The summed E-state index contributed by atoms with van der Waals surface area (Å²) < 4.78 is 5.16. The molecule has 4 heteroatoms. The largest absolute Gasteiger partial charge is 0.463 e. The molecule has 0 amide bonds. The first-order valence-corrected chi connectivity index (χ1v) is 7.43. The van der Waals surface area contributed by atoms with Crippen molar-refractivity contribution in [3.8, 4) is 6.07 Å². The number of rotatable bonds is 4. The van der Waals surface area contributed by atoms with Gasteiger partial charge in [0.25, 0.3) is 0 Å². The molecule has 1 aliphatic carbocycles. The Morgan fingerprint density at radius 3 is 2.39 bits per heavy atom. The van der Waals surface area contributed by atoms with E-state index in [9.17, 15) is 4.79 Å². The summed E-state index contributed by atoms with van der Waals surface area (Å²) in [5.41, 5.74) is 10.6. The molecule has 2 aromatic rings. The van der Waals surface area contributed by atoms with E-state index in [2.05, 4.69) is 6.07 Å². The van der Waals surface area contributed by atoms with E-state index in [0.29, 0.717) is 23.4 Å². The summed E-state index contributed by atoms with van der Waals surface area (Å²) >= 11 is 0. The minimum absolute atomic E-state index is 0.0783. The molecule has 0 bridgehead atoms. The van der Waals surface area contributed by atoms with Crippen LogP contribution in [0.5, 0.6) is 0 Å². The van der Waals surface area contributed by atoms with Gasteiger partial charge in [0.05, 0.1) is 23.8 Å². The van der Waals surface area contributed by atoms with Crippen molar-refractivity contribution in [3.63, 3.8) is 0 Å². The molecule has 0 fully saturated rings. The highest BCUT2D eigenvalue weighted by atomic mass is 16.5. The number of ether oxygens (including phenoxy) is 1. The normalized spacial score (nSPS) is 15.9. The van der Waals surface area contributed by atoms with Crippen molar-refractivity contribution < 1.29 is 9.53 Å². The van der Waals surface area contributed by atoms with Gasteiger partial charge in [0.1, 0.15) is 0 Å². The molecule has 0 aliphatic heterocycles. The highest BCUT2D eigenvalue weighted by molar-refractivity contribution is 6.13. The number of hydrogen-bond donors (Lipinski definition) is 1. The van der Waals surface area contributed by atoms with Crippen LogP contribution in [-0.4, -0.2) is 12.6 Å². The second-order valence-corrected chi connectivity index (χ2v) is 5.34. The van der Waals surface area contributed by atoms with E-state index < -0.39 is 0 Å². The number of esters is 1. The fourth-order valence-corrected chi connectivity index (χ4v) is 2.73. The van der Waals surface area contributed by atoms with Gasteiger partial charge in [-0.15, -0.1) is 0 Å². The van der Waals surface area contributed by atoms with Crippen LogP contribution in [-0.2, 0) is 9.53 Å². The zero-order valence-corrected chi connectivity index (χ0v) is 12.7. The van der Waals surface area contributed by atoms with Gasteiger partial charge in [0.2, 0.25) is 0 Å². The van der Waals surface area contributed by atoms with Gasteiger partial charge in [-0.3, -0.25) is 0 Å². The predicted octanol–water partition coefficient (Wildman–Crippen LogP) is 3.25. The van der Waals surface area contributed by atoms with Crippen LogP contribution in [0.25, 0.3) is 5.57 Å². The number of nitrogens with two attached hydrogens (primary N) is 1. The quantitative estimate of drug-likeness (QED) is 0.695. The topological polar surface area (TPSA) is 76.1 Å². The Morgan fingerprint density at radius 2 is 1.83 bits per heavy atom. The first kappa shape index (κ1) is 14.9.